The lowest BCUT2D eigenvalue weighted by molar-refractivity contribution is -0.123. The number of nitrogens with zero attached hydrogens (tertiary/aromatic N) is 1. The summed E-state index contributed by atoms with van der Waals surface area (Å²) in [7, 11) is 0. The van der Waals surface area contributed by atoms with Crippen molar-refractivity contribution in [1.82, 2.24) is 15.5 Å². The zero-order valence-electron chi connectivity index (χ0n) is 10.5. The van der Waals surface area contributed by atoms with E-state index in [1.54, 1.807) is 12.4 Å². The third-order valence-corrected chi connectivity index (χ3v) is 3.66. The van der Waals surface area contributed by atoms with Gasteiger partial charge < -0.3 is 11.1 Å². The number of hydrogen-bond acceptors (Lipinski definition) is 3. The molecule has 5 nitrogen and oxygen atoms in total. The third kappa shape index (κ3) is 2.19. The van der Waals surface area contributed by atoms with Crippen molar-refractivity contribution in [2.45, 2.75) is 24.8 Å². The minimum absolute atomic E-state index is 0.0819. The SMILES string of the molecule is Nc1ccc(C2(C(=O)NCc3cn[nH]c3)CC2)cc1. The highest BCUT2D eigenvalue weighted by Gasteiger charge is 2.50. The van der Waals surface area contributed by atoms with Crippen molar-refractivity contribution >= 4 is 11.6 Å². The fraction of sp³-hybridized carbons (Fsp3) is 0.286. The highest BCUT2D eigenvalue weighted by Crippen LogP contribution is 2.48. The van der Waals surface area contributed by atoms with E-state index in [-0.39, 0.29) is 11.3 Å². The largest absolute Gasteiger partial charge is 0.399 e. The monoisotopic (exact) mass is 256 g/mol. The maximum Gasteiger partial charge on any atom is 0.230 e. The predicted octanol–water partition coefficient (Wildman–Crippen LogP) is 1.34. The summed E-state index contributed by atoms with van der Waals surface area (Å²) in [5, 5.41) is 9.56. The smallest absolute Gasteiger partial charge is 0.230 e. The molecule has 0 radical (unpaired) electrons. The van der Waals surface area contributed by atoms with E-state index >= 15 is 0 Å². The van der Waals surface area contributed by atoms with Crippen LogP contribution in [0.3, 0.4) is 0 Å². The Hall–Kier alpha value is -2.30. The second-order valence-corrected chi connectivity index (χ2v) is 4.99. The minimum atomic E-state index is -0.350. The molecule has 0 spiro atoms. The van der Waals surface area contributed by atoms with Gasteiger partial charge in [-0.3, -0.25) is 9.89 Å². The van der Waals surface area contributed by atoms with Gasteiger partial charge in [-0.05, 0) is 30.5 Å². The highest BCUT2D eigenvalue weighted by molar-refractivity contribution is 5.91. The van der Waals surface area contributed by atoms with E-state index in [1.165, 1.54) is 0 Å². The van der Waals surface area contributed by atoms with Crippen molar-refractivity contribution in [1.29, 1.82) is 0 Å². The number of anilines is 1. The molecular weight excluding hydrogens is 240 g/mol. The van der Waals surface area contributed by atoms with Crippen LogP contribution in [0.25, 0.3) is 0 Å². The van der Waals surface area contributed by atoms with Crippen molar-refractivity contribution in [2.24, 2.45) is 0 Å². The summed E-state index contributed by atoms with van der Waals surface area (Å²) in [6.07, 6.45) is 5.29. The molecule has 0 bridgehead atoms. The number of nitrogen functional groups attached to an aromatic ring is 1. The molecule has 3 rings (SSSR count). The van der Waals surface area contributed by atoms with E-state index in [1.807, 2.05) is 24.3 Å². The van der Waals surface area contributed by atoms with Gasteiger partial charge in [0.05, 0.1) is 11.6 Å². The molecule has 1 heterocycles. The second kappa shape index (κ2) is 4.42. The fourth-order valence-electron chi connectivity index (χ4n) is 2.30. The van der Waals surface area contributed by atoms with Crippen LogP contribution in [0.5, 0.6) is 0 Å². The van der Waals surface area contributed by atoms with Crippen LogP contribution in [-0.2, 0) is 16.8 Å². The average Bonchev–Trinajstić information content (AvgIpc) is 3.07. The maximum absolute atomic E-state index is 12.3. The van der Waals surface area contributed by atoms with Gasteiger partial charge in [0.2, 0.25) is 5.91 Å². The summed E-state index contributed by atoms with van der Waals surface area (Å²) in [6.45, 7) is 0.506. The molecule has 0 saturated heterocycles. The van der Waals surface area contributed by atoms with E-state index < -0.39 is 0 Å². The van der Waals surface area contributed by atoms with Crippen LogP contribution in [0.2, 0.25) is 0 Å². The number of aromatic nitrogens is 2. The molecule has 4 N–H and O–H groups in total. The number of H-pyrrole nitrogens is 1. The molecule has 0 atom stereocenters. The second-order valence-electron chi connectivity index (χ2n) is 4.99. The molecule has 5 heteroatoms. The van der Waals surface area contributed by atoms with Gasteiger partial charge in [0, 0.05) is 24.0 Å². The molecule has 1 amide bonds. The number of rotatable bonds is 4. The standard InChI is InChI=1S/C14H16N4O/c15-12-3-1-11(2-4-12)14(5-6-14)13(19)16-7-10-8-17-18-9-10/h1-4,8-9H,5-7,15H2,(H,16,19)(H,17,18). The van der Waals surface area contributed by atoms with Crippen LogP contribution in [0.15, 0.2) is 36.7 Å². The molecule has 98 valence electrons. The topological polar surface area (TPSA) is 83.8 Å². The maximum atomic E-state index is 12.3. The van der Waals surface area contributed by atoms with Crippen LogP contribution in [-0.4, -0.2) is 16.1 Å². The molecule has 1 aromatic heterocycles. The van der Waals surface area contributed by atoms with E-state index in [9.17, 15) is 4.79 Å². The van der Waals surface area contributed by atoms with Gasteiger partial charge >= 0.3 is 0 Å². The van der Waals surface area contributed by atoms with E-state index in [0.29, 0.717) is 6.54 Å². The van der Waals surface area contributed by atoms with Gasteiger partial charge in [-0.15, -0.1) is 0 Å². The number of carbonyl (C=O) groups excluding carboxylic acids is 1. The van der Waals surface area contributed by atoms with Gasteiger partial charge in [-0.2, -0.15) is 5.10 Å². The fourth-order valence-corrected chi connectivity index (χ4v) is 2.30. The molecule has 1 aliphatic carbocycles. The average molecular weight is 256 g/mol. The van der Waals surface area contributed by atoms with Crippen molar-refractivity contribution in [3.8, 4) is 0 Å². The molecule has 1 aliphatic rings. The Balaban J connectivity index is 1.70. The summed E-state index contributed by atoms with van der Waals surface area (Å²) < 4.78 is 0. The molecule has 2 aromatic rings. The van der Waals surface area contributed by atoms with Gasteiger partial charge in [0.15, 0.2) is 0 Å². The summed E-state index contributed by atoms with van der Waals surface area (Å²) in [5.74, 6) is 0.0819. The summed E-state index contributed by atoms with van der Waals surface area (Å²) >= 11 is 0. The van der Waals surface area contributed by atoms with Crippen molar-refractivity contribution in [2.75, 3.05) is 5.73 Å². The number of nitrogens with two attached hydrogens (primary N) is 1. The van der Waals surface area contributed by atoms with Crippen LogP contribution in [0.1, 0.15) is 24.0 Å². The molecule has 1 fully saturated rings. The molecule has 19 heavy (non-hydrogen) atoms. The predicted molar refractivity (Wildman–Crippen MR) is 72.2 cm³/mol. The number of aromatic amines is 1. The number of benzene rings is 1. The minimum Gasteiger partial charge on any atom is -0.399 e. The van der Waals surface area contributed by atoms with Crippen molar-refractivity contribution in [3.05, 3.63) is 47.8 Å². The Morgan fingerprint density at radius 2 is 2.11 bits per heavy atom. The first-order chi connectivity index (χ1) is 9.21. The zero-order valence-corrected chi connectivity index (χ0v) is 10.5. The Morgan fingerprint density at radius 1 is 1.37 bits per heavy atom. The lowest BCUT2D eigenvalue weighted by Crippen LogP contribution is -2.34. The van der Waals surface area contributed by atoms with E-state index in [0.717, 1.165) is 29.7 Å². The van der Waals surface area contributed by atoms with Crippen molar-refractivity contribution in [3.63, 3.8) is 0 Å². The Bertz CT molecular complexity index is 570. The van der Waals surface area contributed by atoms with Crippen molar-refractivity contribution < 1.29 is 4.79 Å². The Kier molecular flexibility index (Phi) is 2.74. The van der Waals surface area contributed by atoms with Gasteiger partial charge in [-0.25, -0.2) is 0 Å². The summed E-state index contributed by atoms with van der Waals surface area (Å²) in [5.41, 5.74) is 8.07. The first kappa shape index (κ1) is 11.8. The van der Waals surface area contributed by atoms with Gasteiger partial charge in [0.25, 0.3) is 0 Å². The summed E-state index contributed by atoms with van der Waals surface area (Å²) in [4.78, 5) is 12.3. The molecule has 1 saturated carbocycles. The molecule has 1 aromatic carbocycles. The molecule has 0 unspecified atom stereocenters. The van der Waals surface area contributed by atoms with E-state index in [4.69, 9.17) is 5.73 Å². The third-order valence-electron chi connectivity index (χ3n) is 3.66. The summed E-state index contributed by atoms with van der Waals surface area (Å²) in [6, 6.07) is 7.58. The lowest BCUT2D eigenvalue weighted by atomic mass is 9.94. The number of hydrogen-bond donors (Lipinski definition) is 3. The molecule has 0 aliphatic heterocycles. The van der Waals surface area contributed by atoms with Crippen LogP contribution in [0.4, 0.5) is 5.69 Å². The Morgan fingerprint density at radius 3 is 2.68 bits per heavy atom. The Labute approximate surface area is 111 Å². The van der Waals surface area contributed by atoms with Crippen LogP contribution >= 0.6 is 0 Å². The van der Waals surface area contributed by atoms with E-state index in [2.05, 4.69) is 15.5 Å². The zero-order chi connectivity index (χ0) is 13.3. The lowest BCUT2D eigenvalue weighted by Gasteiger charge is -2.15. The quantitative estimate of drug-likeness (QED) is 0.722. The van der Waals surface area contributed by atoms with Gasteiger partial charge in [0.1, 0.15) is 0 Å². The highest BCUT2D eigenvalue weighted by atomic mass is 16.2. The number of nitrogens with one attached hydrogen (secondary N) is 2. The molecular formula is C14H16N4O. The first-order valence-electron chi connectivity index (χ1n) is 6.33. The first-order valence-corrected chi connectivity index (χ1v) is 6.33. The normalized spacial score (nSPS) is 16.0. The van der Waals surface area contributed by atoms with Crippen LogP contribution < -0.4 is 11.1 Å². The number of amides is 1. The van der Waals surface area contributed by atoms with Crippen LogP contribution in [0, 0.1) is 0 Å². The van der Waals surface area contributed by atoms with Gasteiger partial charge in [-0.1, -0.05) is 12.1 Å². The number of carbonyl (C=O) groups is 1.